The molecule has 1 heterocycles. The van der Waals surface area contributed by atoms with Crippen molar-refractivity contribution >= 4 is 17.6 Å². The number of rotatable bonds is 6. The molecule has 0 aromatic heterocycles. The highest BCUT2D eigenvalue weighted by Crippen LogP contribution is 2.37. The van der Waals surface area contributed by atoms with Crippen LogP contribution in [0.1, 0.15) is 32.3 Å². The molecule has 0 aliphatic carbocycles. The van der Waals surface area contributed by atoms with Gasteiger partial charge in [0.05, 0.1) is 23.7 Å². The Morgan fingerprint density at radius 2 is 2.09 bits per heavy atom. The molecule has 0 atom stereocenters. The lowest BCUT2D eigenvalue weighted by atomic mass is 9.90. The number of benzene rings is 1. The van der Waals surface area contributed by atoms with E-state index in [9.17, 15) is 4.79 Å². The second-order valence-corrected chi connectivity index (χ2v) is 6.48. The molecule has 0 spiro atoms. The minimum atomic E-state index is -0.784. The van der Waals surface area contributed by atoms with Crippen molar-refractivity contribution in [1.29, 1.82) is 0 Å². The lowest BCUT2D eigenvalue weighted by Crippen LogP contribution is -2.28. The monoisotopic (exact) mass is 327 g/mol. The normalized spacial score (nSPS) is 14.5. The van der Waals surface area contributed by atoms with Gasteiger partial charge in [-0.1, -0.05) is 11.6 Å². The van der Waals surface area contributed by atoms with Crippen molar-refractivity contribution in [3.05, 3.63) is 22.7 Å². The van der Waals surface area contributed by atoms with Crippen LogP contribution in [0.5, 0.6) is 11.5 Å². The Bertz CT molecular complexity index is 545. The average Bonchev–Trinajstić information content (AvgIpc) is 2.69. The van der Waals surface area contributed by atoms with Crippen LogP contribution < -0.4 is 14.8 Å². The van der Waals surface area contributed by atoms with E-state index in [0.717, 1.165) is 12.0 Å². The molecule has 5 nitrogen and oxygen atoms in total. The average molecular weight is 328 g/mol. The molecule has 22 heavy (non-hydrogen) atoms. The number of fused-ring (bicyclic) bond motifs is 1. The van der Waals surface area contributed by atoms with Gasteiger partial charge in [0.25, 0.3) is 0 Å². The molecular formula is C16H22ClNO4. The summed E-state index contributed by atoms with van der Waals surface area (Å²) in [6.07, 6.45) is 1.39. The largest absolute Gasteiger partial charge is 0.489 e. The lowest BCUT2D eigenvalue weighted by Gasteiger charge is -2.19. The fraction of sp³-hybridized carbons (Fsp3) is 0.562. The molecule has 2 rings (SSSR count). The molecule has 0 bridgehead atoms. The maximum atomic E-state index is 11.0. The third-order valence-electron chi connectivity index (χ3n) is 3.70. The van der Waals surface area contributed by atoms with Gasteiger partial charge in [-0.3, -0.25) is 4.79 Å². The molecule has 122 valence electrons. The van der Waals surface area contributed by atoms with Crippen LogP contribution >= 0.6 is 11.6 Å². The predicted octanol–water partition coefficient (Wildman–Crippen LogP) is 3.09. The Labute approximate surface area is 135 Å². The van der Waals surface area contributed by atoms with Gasteiger partial charge >= 0.3 is 5.97 Å². The number of nitrogens with one attached hydrogen (secondary N) is 1. The number of ether oxygens (including phenoxy) is 2. The van der Waals surface area contributed by atoms with E-state index >= 15 is 0 Å². The van der Waals surface area contributed by atoms with Crippen molar-refractivity contribution in [2.75, 3.05) is 19.8 Å². The van der Waals surface area contributed by atoms with Crippen molar-refractivity contribution in [1.82, 2.24) is 5.32 Å². The molecule has 1 aliphatic heterocycles. The number of hydrogen-bond acceptors (Lipinski definition) is 4. The van der Waals surface area contributed by atoms with Gasteiger partial charge in [0.2, 0.25) is 0 Å². The van der Waals surface area contributed by atoms with E-state index in [1.807, 2.05) is 12.1 Å². The maximum absolute atomic E-state index is 11.0. The summed E-state index contributed by atoms with van der Waals surface area (Å²) in [7, 11) is 0. The molecular weight excluding hydrogens is 306 g/mol. The van der Waals surface area contributed by atoms with E-state index in [2.05, 4.69) is 5.32 Å². The first-order valence-corrected chi connectivity index (χ1v) is 7.80. The second-order valence-electron chi connectivity index (χ2n) is 6.07. The molecule has 0 unspecified atom stereocenters. The second kappa shape index (κ2) is 7.20. The van der Waals surface area contributed by atoms with Gasteiger partial charge in [0.1, 0.15) is 0 Å². The first-order chi connectivity index (χ1) is 10.4. The molecule has 0 radical (unpaired) electrons. The SMILES string of the molecule is CC(C)(CCNCc1cc(Cl)c2c(c1)OCCCO2)C(=O)O. The number of halogens is 1. The molecule has 1 aromatic rings. The van der Waals surface area contributed by atoms with Crippen LogP contribution in [0.2, 0.25) is 5.02 Å². The van der Waals surface area contributed by atoms with E-state index < -0.39 is 11.4 Å². The van der Waals surface area contributed by atoms with E-state index in [1.165, 1.54) is 0 Å². The van der Waals surface area contributed by atoms with Crippen LogP contribution in [0.15, 0.2) is 12.1 Å². The topological polar surface area (TPSA) is 67.8 Å². The Hall–Kier alpha value is -1.46. The molecule has 0 amide bonds. The van der Waals surface area contributed by atoms with Gasteiger partial charge in [0.15, 0.2) is 11.5 Å². The summed E-state index contributed by atoms with van der Waals surface area (Å²) in [5, 5.41) is 12.9. The first-order valence-electron chi connectivity index (χ1n) is 7.42. The highest BCUT2D eigenvalue weighted by Gasteiger charge is 2.26. The van der Waals surface area contributed by atoms with Gasteiger partial charge in [-0.15, -0.1) is 0 Å². The molecule has 2 N–H and O–H groups in total. The summed E-state index contributed by atoms with van der Waals surface area (Å²) in [6.45, 7) is 5.89. The Morgan fingerprint density at radius 1 is 1.36 bits per heavy atom. The molecule has 1 aliphatic rings. The highest BCUT2D eigenvalue weighted by atomic mass is 35.5. The number of carbonyl (C=O) groups is 1. The quantitative estimate of drug-likeness (QED) is 0.786. The highest BCUT2D eigenvalue weighted by molar-refractivity contribution is 6.32. The van der Waals surface area contributed by atoms with Gasteiger partial charge in [-0.05, 0) is 44.5 Å². The number of aliphatic carboxylic acids is 1. The van der Waals surface area contributed by atoms with Gasteiger partial charge < -0.3 is 19.9 Å². The van der Waals surface area contributed by atoms with Crippen molar-refractivity contribution in [3.8, 4) is 11.5 Å². The fourth-order valence-electron chi connectivity index (χ4n) is 2.13. The zero-order chi connectivity index (χ0) is 16.2. The lowest BCUT2D eigenvalue weighted by molar-refractivity contribution is -0.147. The van der Waals surface area contributed by atoms with E-state index in [-0.39, 0.29) is 0 Å². The van der Waals surface area contributed by atoms with Crippen LogP contribution in [0.4, 0.5) is 0 Å². The zero-order valence-corrected chi connectivity index (χ0v) is 13.7. The van der Waals surface area contributed by atoms with E-state index in [4.69, 9.17) is 26.2 Å². The Balaban J connectivity index is 1.92. The van der Waals surface area contributed by atoms with Crippen molar-refractivity contribution in [3.63, 3.8) is 0 Å². The molecule has 0 saturated heterocycles. The van der Waals surface area contributed by atoms with Gasteiger partial charge in [-0.2, -0.15) is 0 Å². The molecule has 0 fully saturated rings. The molecule has 6 heteroatoms. The third-order valence-corrected chi connectivity index (χ3v) is 3.98. The predicted molar refractivity (Wildman–Crippen MR) is 84.8 cm³/mol. The van der Waals surface area contributed by atoms with Crippen LogP contribution in [0.25, 0.3) is 0 Å². The number of hydrogen-bond donors (Lipinski definition) is 2. The Morgan fingerprint density at radius 3 is 2.82 bits per heavy atom. The molecule has 1 aromatic carbocycles. The summed E-state index contributed by atoms with van der Waals surface area (Å²) < 4.78 is 11.2. The third kappa shape index (κ3) is 4.27. The van der Waals surface area contributed by atoms with Crippen molar-refractivity contribution in [2.24, 2.45) is 5.41 Å². The Kier molecular flexibility index (Phi) is 5.53. The summed E-state index contributed by atoms with van der Waals surface area (Å²) in [4.78, 5) is 11.0. The van der Waals surface area contributed by atoms with E-state index in [0.29, 0.717) is 49.2 Å². The fourth-order valence-corrected chi connectivity index (χ4v) is 2.41. The standard InChI is InChI=1S/C16H22ClNO4/c1-16(2,15(19)20)4-5-18-10-11-8-12(17)14-13(9-11)21-6-3-7-22-14/h8-9,18H,3-7,10H2,1-2H3,(H,19,20). The molecule has 0 saturated carbocycles. The van der Waals surface area contributed by atoms with Crippen LogP contribution in [0, 0.1) is 5.41 Å². The number of carboxylic acid groups (broad SMARTS) is 1. The first kappa shape index (κ1) is 16.9. The van der Waals surface area contributed by atoms with Crippen LogP contribution in [-0.2, 0) is 11.3 Å². The zero-order valence-electron chi connectivity index (χ0n) is 12.9. The summed E-state index contributed by atoms with van der Waals surface area (Å²) in [5.74, 6) is 0.496. The van der Waals surface area contributed by atoms with Crippen molar-refractivity contribution in [2.45, 2.75) is 33.2 Å². The minimum Gasteiger partial charge on any atom is -0.489 e. The number of carboxylic acids is 1. The van der Waals surface area contributed by atoms with Gasteiger partial charge in [0, 0.05) is 13.0 Å². The van der Waals surface area contributed by atoms with Gasteiger partial charge in [-0.25, -0.2) is 0 Å². The summed E-state index contributed by atoms with van der Waals surface area (Å²) in [5.41, 5.74) is 0.261. The van der Waals surface area contributed by atoms with E-state index in [1.54, 1.807) is 13.8 Å². The van der Waals surface area contributed by atoms with Crippen molar-refractivity contribution < 1.29 is 19.4 Å². The smallest absolute Gasteiger partial charge is 0.309 e. The van der Waals surface area contributed by atoms with Crippen LogP contribution in [0.3, 0.4) is 0 Å². The van der Waals surface area contributed by atoms with Crippen LogP contribution in [-0.4, -0.2) is 30.8 Å². The summed E-state index contributed by atoms with van der Waals surface area (Å²) in [6, 6.07) is 3.77. The minimum absolute atomic E-state index is 0.544. The maximum Gasteiger partial charge on any atom is 0.309 e. The summed E-state index contributed by atoms with van der Waals surface area (Å²) >= 11 is 6.24.